The molecule has 0 N–H and O–H groups in total. The molecular weight excluding hydrogens is 358 g/mol. The first-order chi connectivity index (χ1) is 12.1. The van der Waals surface area contributed by atoms with Gasteiger partial charge < -0.3 is 4.74 Å². The van der Waals surface area contributed by atoms with Crippen LogP contribution in [0.3, 0.4) is 0 Å². The van der Waals surface area contributed by atoms with E-state index in [1.54, 1.807) is 0 Å². The van der Waals surface area contributed by atoms with Crippen molar-refractivity contribution >= 4 is 34.5 Å². The van der Waals surface area contributed by atoms with E-state index in [4.69, 9.17) is 16.3 Å². The molecule has 1 aliphatic rings. The molecule has 1 atom stereocenters. The molecule has 6 heteroatoms. The lowest BCUT2D eigenvalue weighted by molar-refractivity contribution is -0.126. The van der Waals surface area contributed by atoms with E-state index in [1.165, 1.54) is 4.90 Å². The van der Waals surface area contributed by atoms with E-state index < -0.39 is 0 Å². The molecule has 1 fully saturated rings. The zero-order valence-electron chi connectivity index (χ0n) is 13.8. The van der Waals surface area contributed by atoms with Crippen molar-refractivity contribution in [2.45, 2.75) is 25.2 Å². The van der Waals surface area contributed by atoms with Gasteiger partial charge in [-0.25, -0.2) is 0 Å². The number of halogens is 1. The van der Waals surface area contributed by atoms with Crippen LogP contribution in [0, 0.1) is 0 Å². The Morgan fingerprint density at radius 2 is 1.68 bits per heavy atom. The number of benzene rings is 2. The van der Waals surface area contributed by atoms with Crippen LogP contribution >= 0.6 is 23.4 Å². The second-order valence-corrected chi connectivity index (χ2v) is 7.31. The number of amides is 2. The third-order valence-electron chi connectivity index (χ3n) is 3.98. The molecule has 0 aliphatic carbocycles. The summed E-state index contributed by atoms with van der Waals surface area (Å²) in [5, 5.41) is 0.223. The lowest BCUT2D eigenvalue weighted by Crippen LogP contribution is -2.31. The van der Waals surface area contributed by atoms with Crippen molar-refractivity contribution in [1.29, 1.82) is 0 Å². The van der Waals surface area contributed by atoms with E-state index in [9.17, 15) is 9.59 Å². The van der Waals surface area contributed by atoms with Gasteiger partial charge >= 0.3 is 0 Å². The first-order valence-electron chi connectivity index (χ1n) is 8.05. The van der Waals surface area contributed by atoms with E-state index in [2.05, 4.69) is 0 Å². The first kappa shape index (κ1) is 17.8. The van der Waals surface area contributed by atoms with Crippen molar-refractivity contribution in [3.05, 3.63) is 64.7 Å². The molecule has 1 aliphatic heterocycles. The highest BCUT2D eigenvalue weighted by Crippen LogP contribution is 2.29. The highest BCUT2D eigenvalue weighted by atomic mass is 35.5. The van der Waals surface area contributed by atoms with Crippen LogP contribution < -0.4 is 4.74 Å². The monoisotopic (exact) mass is 375 g/mol. The normalized spacial score (nSPS) is 17.2. The maximum Gasteiger partial charge on any atom is 0.289 e. The Morgan fingerprint density at radius 3 is 2.28 bits per heavy atom. The molecule has 4 nitrogen and oxygen atoms in total. The van der Waals surface area contributed by atoms with E-state index in [-0.39, 0.29) is 16.4 Å². The van der Waals surface area contributed by atoms with Crippen molar-refractivity contribution in [3.8, 4) is 5.75 Å². The van der Waals surface area contributed by atoms with Crippen LogP contribution in [0.5, 0.6) is 5.75 Å². The Labute approximate surface area is 156 Å². The summed E-state index contributed by atoms with van der Waals surface area (Å²) < 4.78 is 5.75. The average molecular weight is 376 g/mol. The molecule has 2 aromatic rings. The summed E-state index contributed by atoms with van der Waals surface area (Å²) in [6.45, 7) is 2.71. The summed E-state index contributed by atoms with van der Waals surface area (Å²) >= 11 is 6.97. The second-order valence-electron chi connectivity index (χ2n) is 5.72. The Morgan fingerprint density at radius 1 is 1.04 bits per heavy atom. The Hall–Kier alpha value is -1.98. The number of imide groups is 1. The number of hydrogen-bond donors (Lipinski definition) is 0. The summed E-state index contributed by atoms with van der Waals surface area (Å²) in [4.78, 5) is 25.2. The maximum atomic E-state index is 12.2. The van der Waals surface area contributed by atoms with Crippen LogP contribution in [0.15, 0.2) is 48.5 Å². The lowest BCUT2D eigenvalue weighted by atomic mass is 10.1. The minimum atomic E-state index is -0.326. The first-order valence-corrected chi connectivity index (χ1v) is 9.30. The Kier molecular flexibility index (Phi) is 5.66. The van der Waals surface area contributed by atoms with E-state index in [1.807, 2.05) is 55.5 Å². The van der Waals surface area contributed by atoms with Crippen molar-refractivity contribution < 1.29 is 14.3 Å². The van der Waals surface area contributed by atoms with E-state index in [0.29, 0.717) is 24.6 Å². The van der Waals surface area contributed by atoms with E-state index in [0.717, 1.165) is 28.6 Å². The highest BCUT2D eigenvalue weighted by molar-refractivity contribution is 8.15. The number of carbonyl (C=O) groups excluding carboxylic acids is 2. The predicted octanol–water partition coefficient (Wildman–Crippen LogP) is 4.55. The van der Waals surface area contributed by atoms with Crippen LogP contribution in [0.2, 0.25) is 5.02 Å². The summed E-state index contributed by atoms with van der Waals surface area (Å²) in [5.74, 6) is 0.663. The van der Waals surface area contributed by atoms with Gasteiger partial charge in [0, 0.05) is 11.6 Å². The molecule has 2 aromatic carbocycles. The molecule has 25 heavy (non-hydrogen) atoms. The zero-order valence-corrected chi connectivity index (χ0v) is 15.3. The van der Waals surface area contributed by atoms with Crippen LogP contribution in [-0.4, -0.2) is 27.8 Å². The number of rotatable bonds is 6. The van der Waals surface area contributed by atoms with Crippen LogP contribution in [0.4, 0.5) is 4.79 Å². The summed E-state index contributed by atoms with van der Waals surface area (Å²) in [5.41, 5.74) is 2.05. The van der Waals surface area contributed by atoms with Gasteiger partial charge in [0.2, 0.25) is 5.91 Å². The Bertz CT molecular complexity index is 761. The van der Waals surface area contributed by atoms with Crippen LogP contribution in [0.25, 0.3) is 0 Å². The molecule has 0 radical (unpaired) electrons. The van der Waals surface area contributed by atoms with Gasteiger partial charge in [-0.15, -0.1) is 0 Å². The average Bonchev–Trinajstić information content (AvgIpc) is 2.88. The zero-order chi connectivity index (χ0) is 17.8. The second kappa shape index (κ2) is 7.93. The third kappa shape index (κ3) is 4.35. The summed E-state index contributed by atoms with van der Waals surface area (Å²) in [6, 6.07) is 15.2. The van der Waals surface area contributed by atoms with Gasteiger partial charge in [-0.05, 0) is 48.7 Å². The molecule has 3 rings (SSSR count). The number of ether oxygens (including phenoxy) is 1. The smallest absolute Gasteiger partial charge is 0.289 e. The molecule has 0 aromatic heterocycles. The SMILES string of the molecule is CCN1C(=O)S[C@H](Cc2ccc(OCc3ccc(Cl)cc3)cc2)C1=O. The molecule has 0 spiro atoms. The molecular formula is C19H18ClNO3S. The third-order valence-corrected chi connectivity index (χ3v) is 5.31. The van der Waals surface area contributed by atoms with Gasteiger partial charge in [0.15, 0.2) is 0 Å². The molecule has 0 unspecified atom stereocenters. The molecule has 1 saturated heterocycles. The predicted molar refractivity (Wildman–Crippen MR) is 100 cm³/mol. The van der Waals surface area contributed by atoms with Crippen LogP contribution in [0.1, 0.15) is 18.1 Å². The largest absolute Gasteiger partial charge is 0.489 e. The molecule has 1 heterocycles. The number of nitrogens with zero attached hydrogens (tertiary/aromatic N) is 1. The van der Waals surface area contributed by atoms with Gasteiger partial charge in [0.25, 0.3) is 5.24 Å². The molecule has 2 amide bonds. The van der Waals surface area contributed by atoms with E-state index >= 15 is 0 Å². The quantitative estimate of drug-likeness (QED) is 0.743. The topological polar surface area (TPSA) is 46.6 Å². The molecule has 0 bridgehead atoms. The van der Waals surface area contributed by atoms with Crippen molar-refractivity contribution in [2.75, 3.05) is 6.54 Å². The Balaban J connectivity index is 1.56. The van der Waals surface area contributed by atoms with Gasteiger partial charge in [0.1, 0.15) is 12.4 Å². The fourth-order valence-electron chi connectivity index (χ4n) is 2.60. The van der Waals surface area contributed by atoms with Gasteiger partial charge in [-0.3, -0.25) is 14.5 Å². The summed E-state index contributed by atoms with van der Waals surface area (Å²) in [6.07, 6.45) is 0.545. The standard InChI is InChI=1S/C19H18ClNO3S/c1-2-21-18(22)17(25-19(21)23)11-13-5-9-16(10-6-13)24-12-14-3-7-15(20)8-4-14/h3-10,17H,2,11-12H2,1H3/t17-/m1/s1. The maximum absolute atomic E-state index is 12.2. The highest BCUT2D eigenvalue weighted by Gasteiger charge is 2.38. The van der Waals surface area contributed by atoms with Crippen molar-refractivity contribution in [1.82, 2.24) is 4.90 Å². The van der Waals surface area contributed by atoms with Crippen LogP contribution in [-0.2, 0) is 17.8 Å². The van der Waals surface area contributed by atoms with Crippen molar-refractivity contribution in [3.63, 3.8) is 0 Å². The van der Waals surface area contributed by atoms with Gasteiger partial charge in [0.05, 0.1) is 5.25 Å². The summed E-state index contributed by atoms with van der Waals surface area (Å²) in [7, 11) is 0. The number of thioether (sulfide) groups is 1. The lowest BCUT2D eigenvalue weighted by Gasteiger charge is -2.11. The minimum absolute atomic E-state index is 0.0967. The number of carbonyl (C=O) groups is 2. The van der Waals surface area contributed by atoms with Gasteiger partial charge in [-0.2, -0.15) is 0 Å². The van der Waals surface area contributed by atoms with Gasteiger partial charge in [-0.1, -0.05) is 47.6 Å². The minimum Gasteiger partial charge on any atom is -0.489 e. The fourth-order valence-corrected chi connectivity index (χ4v) is 3.82. The molecule has 130 valence electrons. The number of hydrogen-bond acceptors (Lipinski definition) is 4. The molecule has 0 saturated carbocycles. The fraction of sp³-hybridized carbons (Fsp3) is 0.263. The van der Waals surface area contributed by atoms with Crippen molar-refractivity contribution in [2.24, 2.45) is 0 Å².